The third-order valence-electron chi connectivity index (χ3n) is 2.39. The number of nitrogens with zero attached hydrogens (tertiary/aromatic N) is 1. The quantitative estimate of drug-likeness (QED) is 0.581. The summed E-state index contributed by atoms with van der Waals surface area (Å²) in [5.41, 5.74) is 0.937. The molecule has 6 heteroatoms. The Hall–Kier alpha value is -1.95. The van der Waals surface area contributed by atoms with Crippen molar-refractivity contribution in [3.05, 3.63) is 39.9 Å². The molecular formula is C11H14N2O4. The summed E-state index contributed by atoms with van der Waals surface area (Å²) in [5, 5.41) is 22.0. The zero-order valence-corrected chi connectivity index (χ0v) is 9.42. The van der Waals surface area contributed by atoms with E-state index in [-0.39, 0.29) is 18.2 Å². The zero-order chi connectivity index (χ0) is 12.8. The number of carboxylic acid groups (broad SMARTS) is 1. The molecule has 6 nitrogen and oxygen atoms in total. The van der Waals surface area contributed by atoms with Crippen molar-refractivity contribution in [3.63, 3.8) is 0 Å². The molecule has 1 rings (SSSR count). The maximum Gasteiger partial charge on any atom is 0.304 e. The molecule has 1 unspecified atom stereocenters. The SMILES string of the molecule is CC(NCCC(=O)O)c1ccc([N+](=O)[O-])cc1. The van der Waals surface area contributed by atoms with Gasteiger partial charge in [0.1, 0.15) is 0 Å². The molecule has 0 aliphatic carbocycles. The van der Waals surface area contributed by atoms with E-state index in [1.807, 2.05) is 6.92 Å². The summed E-state index contributed by atoms with van der Waals surface area (Å²) in [4.78, 5) is 20.3. The highest BCUT2D eigenvalue weighted by atomic mass is 16.6. The molecule has 17 heavy (non-hydrogen) atoms. The number of nitro benzene ring substituents is 1. The fourth-order valence-corrected chi connectivity index (χ4v) is 1.40. The van der Waals surface area contributed by atoms with Gasteiger partial charge in [-0.25, -0.2) is 0 Å². The van der Waals surface area contributed by atoms with Crippen LogP contribution >= 0.6 is 0 Å². The Balaban J connectivity index is 2.54. The van der Waals surface area contributed by atoms with E-state index >= 15 is 0 Å². The Morgan fingerprint density at radius 2 is 2.06 bits per heavy atom. The highest BCUT2D eigenvalue weighted by Gasteiger charge is 2.08. The topological polar surface area (TPSA) is 92.5 Å². The van der Waals surface area contributed by atoms with Crippen molar-refractivity contribution < 1.29 is 14.8 Å². The van der Waals surface area contributed by atoms with E-state index in [9.17, 15) is 14.9 Å². The molecule has 0 heterocycles. The lowest BCUT2D eigenvalue weighted by Gasteiger charge is -2.12. The van der Waals surface area contributed by atoms with E-state index in [0.717, 1.165) is 5.56 Å². The van der Waals surface area contributed by atoms with Crippen LogP contribution in [0, 0.1) is 10.1 Å². The van der Waals surface area contributed by atoms with Gasteiger partial charge in [-0.1, -0.05) is 12.1 Å². The minimum absolute atomic E-state index is 0.0323. The first kappa shape index (κ1) is 13.1. The van der Waals surface area contributed by atoms with Gasteiger partial charge < -0.3 is 10.4 Å². The summed E-state index contributed by atoms with van der Waals surface area (Å²) in [5.74, 6) is -0.853. The molecule has 0 aromatic heterocycles. The second kappa shape index (κ2) is 5.95. The number of non-ortho nitro benzene ring substituents is 1. The molecule has 0 fully saturated rings. The first-order valence-corrected chi connectivity index (χ1v) is 5.20. The van der Waals surface area contributed by atoms with Crippen LogP contribution in [0.3, 0.4) is 0 Å². The first-order chi connectivity index (χ1) is 8.00. The van der Waals surface area contributed by atoms with Crippen molar-refractivity contribution in [1.29, 1.82) is 0 Å². The van der Waals surface area contributed by atoms with Crippen molar-refractivity contribution in [3.8, 4) is 0 Å². The van der Waals surface area contributed by atoms with Gasteiger partial charge in [0.15, 0.2) is 0 Å². The van der Waals surface area contributed by atoms with Crippen molar-refractivity contribution >= 4 is 11.7 Å². The van der Waals surface area contributed by atoms with Crippen molar-refractivity contribution in [2.45, 2.75) is 19.4 Å². The lowest BCUT2D eigenvalue weighted by Crippen LogP contribution is -2.21. The minimum Gasteiger partial charge on any atom is -0.481 e. The third-order valence-corrected chi connectivity index (χ3v) is 2.39. The van der Waals surface area contributed by atoms with E-state index in [4.69, 9.17) is 5.11 Å². The Morgan fingerprint density at radius 3 is 2.53 bits per heavy atom. The second-order valence-corrected chi connectivity index (χ2v) is 3.67. The van der Waals surface area contributed by atoms with Crippen molar-refractivity contribution in [2.75, 3.05) is 6.54 Å². The standard InChI is InChI=1S/C11H14N2O4/c1-8(12-7-6-11(14)15)9-2-4-10(5-3-9)13(16)17/h2-5,8,12H,6-7H2,1H3,(H,14,15). The second-order valence-electron chi connectivity index (χ2n) is 3.67. The number of carboxylic acids is 1. The Bertz CT molecular complexity index is 402. The van der Waals surface area contributed by atoms with Gasteiger partial charge in [0.25, 0.3) is 5.69 Å². The molecular weight excluding hydrogens is 224 g/mol. The summed E-state index contributed by atoms with van der Waals surface area (Å²) >= 11 is 0. The minimum atomic E-state index is -0.853. The maximum absolute atomic E-state index is 10.5. The number of benzene rings is 1. The molecule has 0 amide bonds. The fourth-order valence-electron chi connectivity index (χ4n) is 1.40. The smallest absolute Gasteiger partial charge is 0.304 e. The number of carbonyl (C=O) groups is 1. The van der Waals surface area contributed by atoms with Crippen LogP contribution in [0.2, 0.25) is 0 Å². The molecule has 2 N–H and O–H groups in total. The van der Waals surface area contributed by atoms with Crippen LogP contribution in [0.4, 0.5) is 5.69 Å². The van der Waals surface area contributed by atoms with E-state index < -0.39 is 10.9 Å². The van der Waals surface area contributed by atoms with Gasteiger partial charge in [0.2, 0.25) is 0 Å². The Kier molecular flexibility index (Phi) is 4.59. The molecule has 1 atom stereocenters. The van der Waals surface area contributed by atoms with Crippen LogP contribution in [0.5, 0.6) is 0 Å². The molecule has 92 valence electrons. The predicted octanol–water partition coefficient (Wildman–Crippen LogP) is 1.72. The van der Waals surface area contributed by atoms with Crippen molar-refractivity contribution in [1.82, 2.24) is 5.32 Å². The van der Waals surface area contributed by atoms with Crippen LogP contribution in [0.1, 0.15) is 24.9 Å². The van der Waals surface area contributed by atoms with Gasteiger partial charge in [-0.15, -0.1) is 0 Å². The lowest BCUT2D eigenvalue weighted by molar-refractivity contribution is -0.384. The highest BCUT2D eigenvalue weighted by Crippen LogP contribution is 2.17. The van der Waals surface area contributed by atoms with Crippen LogP contribution in [-0.2, 0) is 4.79 Å². The van der Waals surface area contributed by atoms with E-state index in [1.54, 1.807) is 12.1 Å². The predicted molar refractivity (Wildman–Crippen MR) is 61.8 cm³/mol. The van der Waals surface area contributed by atoms with Crippen LogP contribution in [-0.4, -0.2) is 22.5 Å². The van der Waals surface area contributed by atoms with Gasteiger partial charge in [0.05, 0.1) is 11.3 Å². The Labute approximate surface area is 98.4 Å². The van der Waals surface area contributed by atoms with E-state index in [0.29, 0.717) is 6.54 Å². The molecule has 0 saturated carbocycles. The van der Waals surface area contributed by atoms with E-state index in [1.165, 1.54) is 12.1 Å². The molecule has 1 aromatic carbocycles. The summed E-state index contributed by atoms with van der Waals surface area (Å²) in [7, 11) is 0. The van der Waals surface area contributed by atoms with Crippen molar-refractivity contribution in [2.24, 2.45) is 0 Å². The summed E-state index contributed by atoms with van der Waals surface area (Å²) < 4.78 is 0. The zero-order valence-electron chi connectivity index (χ0n) is 9.42. The monoisotopic (exact) mass is 238 g/mol. The molecule has 0 bridgehead atoms. The number of nitrogens with one attached hydrogen (secondary N) is 1. The fraction of sp³-hybridized carbons (Fsp3) is 0.364. The molecule has 0 saturated heterocycles. The average molecular weight is 238 g/mol. The lowest BCUT2D eigenvalue weighted by atomic mass is 10.1. The maximum atomic E-state index is 10.5. The highest BCUT2D eigenvalue weighted by molar-refractivity contribution is 5.66. The Morgan fingerprint density at radius 1 is 1.47 bits per heavy atom. The molecule has 0 aliphatic rings. The third kappa shape index (κ3) is 4.20. The van der Waals surface area contributed by atoms with E-state index in [2.05, 4.69) is 5.32 Å². The molecule has 0 aliphatic heterocycles. The number of aliphatic carboxylic acids is 1. The summed E-state index contributed by atoms with van der Waals surface area (Å²) in [6.07, 6.45) is 0.0529. The summed E-state index contributed by atoms with van der Waals surface area (Å²) in [6.45, 7) is 2.25. The van der Waals surface area contributed by atoms with Gasteiger partial charge >= 0.3 is 5.97 Å². The van der Waals surface area contributed by atoms with Gasteiger partial charge in [-0.3, -0.25) is 14.9 Å². The van der Waals surface area contributed by atoms with Gasteiger partial charge in [-0.2, -0.15) is 0 Å². The van der Waals surface area contributed by atoms with Gasteiger partial charge in [-0.05, 0) is 12.5 Å². The van der Waals surface area contributed by atoms with Gasteiger partial charge in [0, 0.05) is 24.7 Å². The molecule has 0 radical (unpaired) electrons. The number of hydrogen-bond acceptors (Lipinski definition) is 4. The first-order valence-electron chi connectivity index (χ1n) is 5.20. The van der Waals surface area contributed by atoms with Crippen LogP contribution in [0.15, 0.2) is 24.3 Å². The average Bonchev–Trinajstić information content (AvgIpc) is 2.28. The molecule has 0 spiro atoms. The van der Waals surface area contributed by atoms with Crippen LogP contribution < -0.4 is 5.32 Å². The summed E-state index contributed by atoms with van der Waals surface area (Å²) in [6, 6.07) is 6.16. The number of nitro groups is 1. The van der Waals surface area contributed by atoms with Crippen LogP contribution in [0.25, 0.3) is 0 Å². The number of hydrogen-bond donors (Lipinski definition) is 2. The number of rotatable bonds is 6. The molecule has 1 aromatic rings. The largest absolute Gasteiger partial charge is 0.481 e. The normalized spacial score (nSPS) is 12.1.